The van der Waals surface area contributed by atoms with Gasteiger partial charge in [0.25, 0.3) is 0 Å². The van der Waals surface area contributed by atoms with Crippen LogP contribution in [-0.2, 0) is 9.59 Å². The van der Waals surface area contributed by atoms with E-state index in [4.69, 9.17) is 0 Å². The molecule has 4 nitrogen and oxygen atoms in total. The van der Waals surface area contributed by atoms with Gasteiger partial charge in [-0.1, -0.05) is 44.9 Å². The van der Waals surface area contributed by atoms with Gasteiger partial charge in [-0.25, -0.2) is 0 Å². The van der Waals surface area contributed by atoms with Crippen molar-refractivity contribution in [2.75, 3.05) is 6.54 Å². The molecule has 0 aromatic carbocycles. The van der Waals surface area contributed by atoms with Crippen molar-refractivity contribution in [1.29, 1.82) is 0 Å². The zero-order valence-corrected chi connectivity index (χ0v) is 14.1. The van der Waals surface area contributed by atoms with E-state index < -0.39 is 0 Å². The number of hydrogen-bond acceptors (Lipinski definition) is 2. The molecule has 2 aliphatic carbocycles. The number of nitrogens with one attached hydrogen (secondary N) is 1. The van der Waals surface area contributed by atoms with Crippen LogP contribution < -0.4 is 5.32 Å². The first-order valence-corrected chi connectivity index (χ1v) is 9.23. The molecule has 0 atom stereocenters. The smallest absolute Gasteiger partial charge is 0.221 e. The van der Waals surface area contributed by atoms with Gasteiger partial charge in [-0.15, -0.1) is 0 Å². The van der Waals surface area contributed by atoms with Crippen LogP contribution in [0.25, 0.3) is 0 Å². The number of nitrogens with zero attached hydrogens (tertiary/aromatic N) is 1. The molecule has 0 unspecified atom stereocenters. The van der Waals surface area contributed by atoms with E-state index in [-0.39, 0.29) is 11.8 Å². The van der Waals surface area contributed by atoms with Crippen LogP contribution in [0.2, 0.25) is 0 Å². The van der Waals surface area contributed by atoms with Gasteiger partial charge in [0.2, 0.25) is 11.8 Å². The molecule has 0 radical (unpaired) electrons. The van der Waals surface area contributed by atoms with Crippen LogP contribution in [0.4, 0.5) is 0 Å². The Bertz CT molecular complexity index is 356. The SMILES string of the molecule is CC(=O)N(CCC(=O)NC1CCCCC1)C1CCCCCC1. The second-order valence-electron chi connectivity index (χ2n) is 7.01. The van der Waals surface area contributed by atoms with Crippen LogP contribution in [-0.4, -0.2) is 35.3 Å². The van der Waals surface area contributed by atoms with Crippen molar-refractivity contribution in [3.05, 3.63) is 0 Å². The molecule has 2 saturated carbocycles. The number of hydrogen-bond donors (Lipinski definition) is 1. The number of carbonyl (C=O) groups excluding carboxylic acids is 2. The van der Waals surface area contributed by atoms with Crippen molar-refractivity contribution >= 4 is 11.8 Å². The maximum Gasteiger partial charge on any atom is 0.221 e. The summed E-state index contributed by atoms with van der Waals surface area (Å²) in [6, 6.07) is 0.715. The first kappa shape index (κ1) is 17.3. The highest BCUT2D eigenvalue weighted by atomic mass is 16.2. The highest BCUT2D eigenvalue weighted by molar-refractivity contribution is 5.78. The fourth-order valence-electron chi connectivity index (χ4n) is 3.94. The maximum absolute atomic E-state index is 12.1. The highest BCUT2D eigenvalue weighted by Gasteiger charge is 2.23. The summed E-state index contributed by atoms with van der Waals surface area (Å²) in [6.07, 6.45) is 13.6. The number of carbonyl (C=O) groups is 2. The summed E-state index contributed by atoms with van der Waals surface area (Å²) in [4.78, 5) is 26.0. The first-order chi connectivity index (χ1) is 10.7. The third-order valence-corrected chi connectivity index (χ3v) is 5.22. The molecule has 0 spiro atoms. The van der Waals surface area contributed by atoms with Crippen LogP contribution in [0, 0.1) is 0 Å². The lowest BCUT2D eigenvalue weighted by Crippen LogP contribution is -2.42. The minimum Gasteiger partial charge on any atom is -0.353 e. The minimum absolute atomic E-state index is 0.117. The second kappa shape index (κ2) is 9.16. The van der Waals surface area contributed by atoms with Crippen LogP contribution in [0.1, 0.15) is 84.0 Å². The lowest BCUT2D eigenvalue weighted by Gasteiger charge is -2.30. The average Bonchev–Trinajstić information content (AvgIpc) is 2.77. The Hall–Kier alpha value is -1.06. The van der Waals surface area contributed by atoms with Crippen molar-refractivity contribution in [3.8, 4) is 0 Å². The summed E-state index contributed by atoms with van der Waals surface area (Å²) in [5, 5.41) is 3.15. The van der Waals surface area contributed by atoms with E-state index in [9.17, 15) is 9.59 Å². The van der Waals surface area contributed by atoms with Crippen LogP contribution in [0.3, 0.4) is 0 Å². The zero-order chi connectivity index (χ0) is 15.8. The Morgan fingerprint density at radius 3 is 2.05 bits per heavy atom. The van der Waals surface area contributed by atoms with E-state index in [0.29, 0.717) is 25.0 Å². The molecule has 2 fully saturated rings. The molecule has 0 aromatic heterocycles. The summed E-state index contributed by atoms with van der Waals surface area (Å²) >= 11 is 0. The van der Waals surface area contributed by atoms with E-state index in [1.54, 1.807) is 6.92 Å². The van der Waals surface area contributed by atoms with Crippen molar-refractivity contribution in [1.82, 2.24) is 10.2 Å². The largest absolute Gasteiger partial charge is 0.353 e. The molecule has 4 heteroatoms. The Labute approximate surface area is 135 Å². The van der Waals surface area contributed by atoms with Gasteiger partial charge < -0.3 is 10.2 Å². The molecule has 0 saturated heterocycles. The van der Waals surface area contributed by atoms with E-state index in [2.05, 4.69) is 5.32 Å². The minimum atomic E-state index is 0.117. The number of rotatable bonds is 5. The van der Waals surface area contributed by atoms with Gasteiger partial charge in [-0.3, -0.25) is 9.59 Å². The molecule has 0 bridgehead atoms. The molecule has 22 heavy (non-hydrogen) atoms. The molecule has 1 N–H and O–H groups in total. The molecule has 2 aliphatic rings. The standard InChI is InChI=1S/C18H32N2O2/c1-15(21)20(17-11-7-2-3-8-12-17)14-13-18(22)19-16-9-5-4-6-10-16/h16-17H,2-14H2,1H3,(H,19,22). The predicted molar refractivity (Wildman–Crippen MR) is 88.5 cm³/mol. The van der Waals surface area contributed by atoms with E-state index in [1.807, 2.05) is 4.90 Å². The van der Waals surface area contributed by atoms with Crippen LogP contribution in [0.5, 0.6) is 0 Å². The third-order valence-electron chi connectivity index (χ3n) is 5.22. The van der Waals surface area contributed by atoms with Crippen molar-refractivity contribution < 1.29 is 9.59 Å². The summed E-state index contributed by atoms with van der Waals surface area (Å²) in [5.74, 6) is 0.240. The van der Waals surface area contributed by atoms with Gasteiger partial charge in [-0.2, -0.15) is 0 Å². The Morgan fingerprint density at radius 2 is 1.45 bits per heavy atom. The predicted octanol–water partition coefficient (Wildman–Crippen LogP) is 3.40. The first-order valence-electron chi connectivity index (χ1n) is 9.23. The molecule has 0 aromatic rings. The monoisotopic (exact) mass is 308 g/mol. The van der Waals surface area contributed by atoms with Gasteiger partial charge >= 0.3 is 0 Å². The second-order valence-corrected chi connectivity index (χ2v) is 7.01. The Balaban J connectivity index is 1.77. The fraction of sp³-hybridized carbons (Fsp3) is 0.889. The fourth-order valence-corrected chi connectivity index (χ4v) is 3.94. The van der Waals surface area contributed by atoms with Crippen molar-refractivity contribution in [2.45, 2.75) is 96.1 Å². The van der Waals surface area contributed by atoms with Crippen LogP contribution in [0.15, 0.2) is 0 Å². The van der Waals surface area contributed by atoms with Gasteiger partial charge in [0.05, 0.1) is 0 Å². The summed E-state index contributed by atoms with van der Waals surface area (Å²) in [6.45, 7) is 2.22. The molecular weight excluding hydrogens is 276 g/mol. The summed E-state index contributed by atoms with van der Waals surface area (Å²) in [5.41, 5.74) is 0. The van der Waals surface area contributed by atoms with Gasteiger partial charge in [0, 0.05) is 32.0 Å². The molecule has 2 rings (SSSR count). The van der Waals surface area contributed by atoms with E-state index in [0.717, 1.165) is 25.7 Å². The van der Waals surface area contributed by atoms with E-state index in [1.165, 1.54) is 44.9 Å². The summed E-state index contributed by atoms with van der Waals surface area (Å²) in [7, 11) is 0. The molecule has 2 amide bonds. The van der Waals surface area contributed by atoms with Gasteiger partial charge in [-0.05, 0) is 25.7 Å². The third kappa shape index (κ3) is 5.62. The topological polar surface area (TPSA) is 49.4 Å². The Kier molecular flexibility index (Phi) is 7.20. The quantitative estimate of drug-likeness (QED) is 0.791. The van der Waals surface area contributed by atoms with Gasteiger partial charge in [0.1, 0.15) is 0 Å². The maximum atomic E-state index is 12.1. The lowest BCUT2D eigenvalue weighted by molar-refractivity contribution is -0.132. The zero-order valence-electron chi connectivity index (χ0n) is 14.1. The molecular formula is C18H32N2O2. The molecule has 0 aliphatic heterocycles. The molecule has 0 heterocycles. The van der Waals surface area contributed by atoms with E-state index >= 15 is 0 Å². The number of amides is 2. The van der Waals surface area contributed by atoms with Gasteiger partial charge in [0.15, 0.2) is 0 Å². The van der Waals surface area contributed by atoms with Crippen molar-refractivity contribution in [3.63, 3.8) is 0 Å². The Morgan fingerprint density at radius 1 is 0.909 bits per heavy atom. The normalized spacial score (nSPS) is 21.1. The average molecular weight is 308 g/mol. The molecule has 126 valence electrons. The van der Waals surface area contributed by atoms with Crippen molar-refractivity contribution in [2.24, 2.45) is 0 Å². The van der Waals surface area contributed by atoms with Crippen LogP contribution >= 0.6 is 0 Å². The summed E-state index contributed by atoms with van der Waals surface area (Å²) < 4.78 is 0. The lowest BCUT2D eigenvalue weighted by atomic mass is 9.95. The highest BCUT2D eigenvalue weighted by Crippen LogP contribution is 2.22.